The highest BCUT2D eigenvalue weighted by atomic mass is 16.5. The van der Waals surface area contributed by atoms with Gasteiger partial charge in [-0.1, -0.05) is 33.1 Å². The molecule has 0 aromatic rings. The van der Waals surface area contributed by atoms with Crippen molar-refractivity contribution in [3.8, 4) is 0 Å². The Morgan fingerprint density at radius 1 is 1.47 bits per heavy atom. The third-order valence-electron chi connectivity index (χ3n) is 2.96. The molecule has 0 saturated heterocycles. The second kappa shape index (κ2) is 11.9. The second-order valence-corrected chi connectivity index (χ2v) is 4.66. The highest BCUT2D eigenvalue weighted by Gasteiger charge is 2.14. The second-order valence-electron chi connectivity index (χ2n) is 4.66. The first-order valence-corrected chi connectivity index (χ1v) is 6.90. The van der Waals surface area contributed by atoms with Gasteiger partial charge in [-0.2, -0.15) is 0 Å². The van der Waals surface area contributed by atoms with E-state index in [1.54, 1.807) is 7.11 Å². The van der Waals surface area contributed by atoms with Gasteiger partial charge in [-0.3, -0.25) is 9.79 Å². The Labute approximate surface area is 116 Å². The van der Waals surface area contributed by atoms with Gasteiger partial charge in [-0.25, -0.2) is 5.84 Å². The van der Waals surface area contributed by atoms with Crippen LogP contribution in [0.25, 0.3) is 0 Å². The van der Waals surface area contributed by atoms with Gasteiger partial charge in [0.25, 0.3) is 0 Å². The van der Waals surface area contributed by atoms with Gasteiger partial charge in [-0.15, -0.1) is 0 Å². The number of nitrogens with two attached hydrogens (primary N) is 1. The molecule has 0 fully saturated rings. The average Bonchev–Trinajstić information content (AvgIpc) is 2.42. The Balaban J connectivity index is 3.87. The van der Waals surface area contributed by atoms with Crippen LogP contribution in [0.4, 0.5) is 0 Å². The Hall–Kier alpha value is -1.14. The van der Waals surface area contributed by atoms with Crippen LogP contribution in [0.2, 0.25) is 0 Å². The maximum atomic E-state index is 11.8. The normalized spacial score (nSPS) is 14.3. The fourth-order valence-corrected chi connectivity index (χ4v) is 1.66. The largest absolute Gasteiger partial charge is 0.380 e. The molecule has 0 rings (SSSR count). The van der Waals surface area contributed by atoms with Crippen LogP contribution in [0.1, 0.15) is 39.5 Å². The number of nitrogens with one attached hydrogen (secondary N) is 2. The molecule has 0 aromatic heterocycles. The molecule has 1 amide bonds. The molecule has 0 spiro atoms. The number of aliphatic imine (C=N–C) groups is 1. The summed E-state index contributed by atoms with van der Waals surface area (Å²) in [5.41, 5.74) is 2.31. The van der Waals surface area contributed by atoms with E-state index >= 15 is 0 Å². The van der Waals surface area contributed by atoms with Crippen LogP contribution in [0, 0.1) is 5.92 Å². The molecule has 112 valence electrons. The number of hydrazine groups is 1. The van der Waals surface area contributed by atoms with E-state index in [0.717, 1.165) is 12.8 Å². The van der Waals surface area contributed by atoms with Crippen molar-refractivity contribution < 1.29 is 9.53 Å². The Kier molecular flexibility index (Phi) is 11.2. The summed E-state index contributed by atoms with van der Waals surface area (Å²) in [4.78, 5) is 15.8. The molecule has 0 aliphatic carbocycles. The molecule has 0 aliphatic heterocycles. The number of carbonyl (C=O) groups excluding carboxylic acids is 1. The van der Waals surface area contributed by atoms with E-state index in [2.05, 4.69) is 22.7 Å². The number of amides is 1. The number of rotatable bonds is 11. The van der Waals surface area contributed by atoms with E-state index in [4.69, 9.17) is 10.6 Å². The van der Waals surface area contributed by atoms with Gasteiger partial charge in [-0.05, 0) is 6.42 Å². The lowest BCUT2D eigenvalue weighted by atomic mass is 10.1. The molecule has 0 aliphatic rings. The molecule has 0 radical (unpaired) electrons. The Bertz CT molecular complexity index is 259. The van der Waals surface area contributed by atoms with Crippen molar-refractivity contribution in [2.24, 2.45) is 16.8 Å². The van der Waals surface area contributed by atoms with Crippen LogP contribution in [0.3, 0.4) is 0 Å². The van der Waals surface area contributed by atoms with Gasteiger partial charge >= 0.3 is 0 Å². The van der Waals surface area contributed by atoms with Crippen LogP contribution in [-0.2, 0) is 9.53 Å². The predicted octanol–water partition coefficient (Wildman–Crippen LogP) is 0.826. The summed E-state index contributed by atoms with van der Waals surface area (Å²) in [6.07, 6.45) is 5.97. The smallest absolute Gasteiger partial charge is 0.224 e. The molecule has 0 bridgehead atoms. The number of nitrogens with zero attached hydrogens (tertiary/aromatic N) is 1. The van der Waals surface area contributed by atoms with Crippen LogP contribution < -0.4 is 16.6 Å². The first-order chi connectivity index (χ1) is 9.15. The van der Waals surface area contributed by atoms with E-state index in [1.807, 2.05) is 6.92 Å². The summed E-state index contributed by atoms with van der Waals surface area (Å²) in [6, 6.07) is 0. The number of carbonyl (C=O) groups is 1. The van der Waals surface area contributed by atoms with Crippen LogP contribution in [0.15, 0.2) is 4.99 Å². The minimum Gasteiger partial charge on any atom is -0.380 e. The van der Waals surface area contributed by atoms with Crippen LogP contribution in [-0.4, -0.2) is 38.5 Å². The number of hydrogen-bond donors (Lipinski definition) is 3. The number of ether oxygens (including phenoxy) is 1. The Morgan fingerprint density at radius 2 is 2.21 bits per heavy atom. The molecule has 0 aromatic carbocycles. The zero-order valence-electron chi connectivity index (χ0n) is 12.3. The average molecular weight is 272 g/mol. The zero-order valence-corrected chi connectivity index (χ0v) is 12.3. The van der Waals surface area contributed by atoms with Gasteiger partial charge in [0.1, 0.15) is 0 Å². The van der Waals surface area contributed by atoms with Gasteiger partial charge < -0.3 is 15.5 Å². The molecule has 6 heteroatoms. The van der Waals surface area contributed by atoms with Crippen molar-refractivity contribution in [3.63, 3.8) is 0 Å². The highest BCUT2D eigenvalue weighted by molar-refractivity contribution is 5.78. The molecule has 2 unspecified atom stereocenters. The van der Waals surface area contributed by atoms with E-state index in [-0.39, 0.29) is 17.9 Å². The quantitative estimate of drug-likeness (QED) is 0.171. The summed E-state index contributed by atoms with van der Waals surface area (Å²) in [5, 5.41) is 2.90. The number of methoxy groups -OCH3 is 1. The maximum Gasteiger partial charge on any atom is 0.224 e. The molecule has 0 heterocycles. The summed E-state index contributed by atoms with van der Waals surface area (Å²) >= 11 is 0. The molecule has 2 atom stereocenters. The first-order valence-electron chi connectivity index (χ1n) is 6.90. The van der Waals surface area contributed by atoms with Crippen molar-refractivity contribution >= 4 is 12.2 Å². The van der Waals surface area contributed by atoms with Gasteiger partial charge in [0, 0.05) is 13.7 Å². The Morgan fingerprint density at radius 3 is 2.79 bits per heavy atom. The van der Waals surface area contributed by atoms with Crippen molar-refractivity contribution in [1.82, 2.24) is 10.7 Å². The lowest BCUT2D eigenvalue weighted by molar-refractivity contribution is -0.124. The fourth-order valence-electron chi connectivity index (χ4n) is 1.66. The predicted molar refractivity (Wildman–Crippen MR) is 77.8 cm³/mol. The minimum atomic E-state index is -0.169. The van der Waals surface area contributed by atoms with Gasteiger partial charge in [0.15, 0.2) is 0 Å². The SMILES string of the molecule is CCCCCC(CNC(=O)C(C)CN=CNN)OC. The van der Waals surface area contributed by atoms with Gasteiger partial charge in [0.05, 0.1) is 24.9 Å². The molecule has 19 heavy (non-hydrogen) atoms. The summed E-state index contributed by atoms with van der Waals surface area (Å²) in [7, 11) is 1.68. The van der Waals surface area contributed by atoms with E-state index in [1.165, 1.54) is 19.2 Å². The fraction of sp³-hybridized carbons (Fsp3) is 0.846. The maximum absolute atomic E-state index is 11.8. The third kappa shape index (κ3) is 9.44. The zero-order chi connectivity index (χ0) is 14.5. The number of unbranched alkanes of at least 4 members (excludes halogenated alkanes) is 2. The monoisotopic (exact) mass is 272 g/mol. The lowest BCUT2D eigenvalue weighted by Crippen LogP contribution is -2.37. The van der Waals surface area contributed by atoms with Gasteiger partial charge in [0.2, 0.25) is 5.91 Å². The van der Waals surface area contributed by atoms with E-state index in [0.29, 0.717) is 13.1 Å². The topological polar surface area (TPSA) is 88.7 Å². The first kappa shape index (κ1) is 17.9. The molecular formula is C13H28N4O2. The summed E-state index contributed by atoms with van der Waals surface area (Å²) in [6.45, 7) is 4.98. The molecule has 4 N–H and O–H groups in total. The van der Waals surface area contributed by atoms with E-state index in [9.17, 15) is 4.79 Å². The standard InChI is InChI=1S/C13H28N4O2/c1-4-5-6-7-12(19-3)9-16-13(18)11(2)8-15-10-17-14/h10-12H,4-9,14H2,1-3H3,(H,15,17)(H,16,18). The van der Waals surface area contributed by atoms with Crippen molar-refractivity contribution in [1.29, 1.82) is 0 Å². The third-order valence-corrected chi connectivity index (χ3v) is 2.96. The molecule has 0 saturated carbocycles. The van der Waals surface area contributed by atoms with Crippen LogP contribution in [0.5, 0.6) is 0 Å². The van der Waals surface area contributed by atoms with E-state index < -0.39 is 0 Å². The van der Waals surface area contributed by atoms with Crippen molar-refractivity contribution in [2.45, 2.75) is 45.6 Å². The summed E-state index contributed by atoms with van der Waals surface area (Å²) in [5.74, 6) is 4.87. The molecular weight excluding hydrogens is 244 g/mol. The van der Waals surface area contributed by atoms with Crippen molar-refractivity contribution in [2.75, 3.05) is 20.2 Å². The number of hydrogen-bond acceptors (Lipinski definition) is 4. The molecule has 6 nitrogen and oxygen atoms in total. The highest BCUT2D eigenvalue weighted by Crippen LogP contribution is 2.05. The minimum absolute atomic E-state index is 0.00767. The van der Waals surface area contributed by atoms with Crippen molar-refractivity contribution in [3.05, 3.63) is 0 Å². The van der Waals surface area contributed by atoms with Crippen LogP contribution >= 0.6 is 0 Å². The lowest BCUT2D eigenvalue weighted by Gasteiger charge is -2.17. The summed E-state index contributed by atoms with van der Waals surface area (Å²) < 4.78 is 5.35.